The van der Waals surface area contributed by atoms with Gasteiger partial charge in [0, 0.05) is 29.8 Å². The summed E-state index contributed by atoms with van der Waals surface area (Å²) in [7, 11) is 0. The number of H-pyrrole nitrogens is 1. The van der Waals surface area contributed by atoms with Crippen molar-refractivity contribution in [3.05, 3.63) is 58.3 Å². The zero-order chi connectivity index (χ0) is 16.4. The minimum absolute atomic E-state index is 0.146. The summed E-state index contributed by atoms with van der Waals surface area (Å²) in [5.41, 5.74) is 3.97. The molecule has 5 heteroatoms. The van der Waals surface area contributed by atoms with Crippen LogP contribution in [0.15, 0.2) is 45.8 Å². The maximum absolute atomic E-state index is 12.9. The second kappa shape index (κ2) is 4.47. The van der Waals surface area contributed by atoms with Crippen LogP contribution in [0.2, 0.25) is 0 Å². The summed E-state index contributed by atoms with van der Waals surface area (Å²) in [5.74, 6) is -0.0856. The Labute approximate surface area is 136 Å². The Balaban J connectivity index is 1.88. The molecule has 0 amide bonds. The molecule has 0 bridgehead atoms. The van der Waals surface area contributed by atoms with Crippen molar-refractivity contribution in [3.8, 4) is 11.4 Å². The highest BCUT2D eigenvalue weighted by atomic mass is 16.3. The average Bonchev–Trinajstić information content (AvgIpc) is 3.16. The van der Waals surface area contributed by atoms with Gasteiger partial charge in [0.05, 0.1) is 23.0 Å². The second-order valence-corrected chi connectivity index (χ2v) is 6.21. The normalized spacial score (nSPS) is 13.2. The predicted octanol–water partition coefficient (Wildman–Crippen LogP) is 3.50. The second-order valence-electron chi connectivity index (χ2n) is 6.21. The summed E-state index contributed by atoms with van der Waals surface area (Å²) < 4.78 is 7.09. The van der Waals surface area contributed by atoms with Crippen LogP contribution in [-0.4, -0.2) is 15.3 Å². The highest BCUT2D eigenvalue weighted by Gasteiger charge is 2.25. The fraction of sp³-hybridized carbons (Fsp3) is 0.158. The number of carbonyl (C=O) groups excluding carboxylic acids is 1. The summed E-state index contributed by atoms with van der Waals surface area (Å²) >= 11 is 0. The van der Waals surface area contributed by atoms with Crippen LogP contribution < -0.4 is 5.56 Å². The number of para-hydroxylation sites is 1. The SMILES string of the molecule is CC(=O)c1occ2cc3n(c(=O)c12)CCc1c-3[nH]c2ccccc12. The Hall–Kier alpha value is -3.08. The molecule has 0 unspecified atom stereocenters. The van der Waals surface area contributed by atoms with E-state index < -0.39 is 0 Å². The van der Waals surface area contributed by atoms with Crippen LogP contribution in [0, 0.1) is 0 Å². The van der Waals surface area contributed by atoms with Gasteiger partial charge >= 0.3 is 0 Å². The van der Waals surface area contributed by atoms with Crippen molar-refractivity contribution >= 4 is 27.5 Å². The number of aryl methyl sites for hydroxylation is 1. The van der Waals surface area contributed by atoms with Crippen molar-refractivity contribution in [1.82, 2.24) is 9.55 Å². The molecule has 4 aromatic rings. The van der Waals surface area contributed by atoms with Gasteiger partial charge in [0.15, 0.2) is 11.5 Å². The van der Waals surface area contributed by atoms with Crippen molar-refractivity contribution in [1.29, 1.82) is 0 Å². The van der Waals surface area contributed by atoms with Crippen LogP contribution >= 0.6 is 0 Å². The van der Waals surface area contributed by atoms with Crippen LogP contribution in [0.3, 0.4) is 0 Å². The lowest BCUT2D eigenvalue weighted by atomic mass is 10.0. The topological polar surface area (TPSA) is 68.0 Å². The summed E-state index contributed by atoms with van der Waals surface area (Å²) in [6, 6.07) is 10.1. The number of aromatic amines is 1. The highest BCUT2D eigenvalue weighted by molar-refractivity contribution is 6.05. The third kappa shape index (κ3) is 1.58. The van der Waals surface area contributed by atoms with Gasteiger partial charge in [-0.2, -0.15) is 0 Å². The third-order valence-corrected chi connectivity index (χ3v) is 4.84. The highest BCUT2D eigenvalue weighted by Crippen LogP contribution is 2.35. The molecule has 118 valence electrons. The molecule has 5 nitrogen and oxygen atoms in total. The maximum Gasteiger partial charge on any atom is 0.263 e. The summed E-state index contributed by atoms with van der Waals surface area (Å²) in [4.78, 5) is 28.1. The molecule has 0 aliphatic carbocycles. The fourth-order valence-corrected chi connectivity index (χ4v) is 3.76. The molecule has 0 atom stereocenters. The number of pyridine rings is 1. The quantitative estimate of drug-likeness (QED) is 0.546. The molecule has 1 aromatic carbocycles. The Morgan fingerprint density at radius 2 is 2.12 bits per heavy atom. The number of aromatic nitrogens is 2. The number of furan rings is 1. The molecule has 4 heterocycles. The number of rotatable bonds is 1. The molecule has 5 rings (SSSR count). The number of carbonyl (C=O) groups is 1. The number of nitrogens with zero attached hydrogens (tertiary/aromatic N) is 1. The first-order valence-corrected chi connectivity index (χ1v) is 7.91. The van der Waals surface area contributed by atoms with Crippen LogP contribution in [0.5, 0.6) is 0 Å². The van der Waals surface area contributed by atoms with Gasteiger partial charge in [0.25, 0.3) is 5.56 Å². The summed E-state index contributed by atoms with van der Waals surface area (Å²) in [6.07, 6.45) is 2.27. The molecule has 0 saturated carbocycles. The molecule has 0 saturated heterocycles. The van der Waals surface area contributed by atoms with Crippen LogP contribution in [0.25, 0.3) is 33.1 Å². The van der Waals surface area contributed by atoms with E-state index in [2.05, 4.69) is 11.1 Å². The average molecular weight is 318 g/mol. The predicted molar refractivity (Wildman–Crippen MR) is 91.5 cm³/mol. The first-order valence-electron chi connectivity index (χ1n) is 7.91. The zero-order valence-corrected chi connectivity index (χ0v) is 13.1. The number of nitrogens with one attached hydrogen (secondary N) is 1. The molecule has 24 heavy (non-hydrogen) atoms. The van der Waals surface area contributed by atoms with E-state index >= 15 is 0 Å². The van der Waals surface area contributed by atoms with E-state index in [0.717, 1.165) is 23.3 Å². The van der Waals surface area contributed by atoms with Gasteiger partial charge in [0.1, 0.15) is 0 Å². The molecule has 3 aromatic heterocycles. The number of hydrogen-bond acceptors (Lipinski definition) is 3. The Morgan fingerprint density at radius 1 is 1.29 bits per heavy atom. The molecule has 1 aliphatic heterocycles. The van der Waals surface area contributed by atoms with E-state index in [1.807, 2.05) is 24.3 Å². The summed E-state index contributed by atoms with van der Waals surface area (Å²) in [5, 5.41) is 2.25. The van der Waals surface area contributed by atoms with Gasteiger partial charge in [0.2, 0.25) is 0 Å². The third-order valence-electron chi connectivity index (χ3n) is 4.84. The van der Waals surface area contributed by atoms with E-state index in [4.69, 9.17) is 4.42 Å². The first-order chi connectivity index (χ1) is 11.6. The van der Waals surface area contributed by atoms with E-state index in [1.165, 1.54) is 24.1 Å². The molecular weight excluding hydrogens is 304 g/mol. The van der Waals surface area contributed by atoms with Crippen molar-refractivity contribution < 1.29 is 9.21 Å². The number of hydrogen-bond donors (Lipinski definition) is 1. The van der Waals surface area contributed by atoms with E-state index in [-0.39, 0.29) is 17.1 Å². The van der Waals surface area contributed by atoms with Crippen molar-refractivity contribution in [2.45, 2.75) is 19.9 Å². The van der Waals surface area contributed by atoms with Crippen LogP contribution in [-0.2, 0) is 13.0 Å². The Kier molecular flexibility index (Phi) is 2.49. The van der Waals surface area contributed by atoms with Gasteiger partial charge in [-0.1, -0.05) is 18.2 Å². The van der Waals surface area contributed by atoms with Crippen molar-refractivity contribution in [3.63, 3.8) is 0 Å². The molecule has 1 aliphatic rings. The minimum atomic E-state index is -0.232. The van der Waals surface area contributed by atoms with E-state index in [0.29, 0.717) is 17.3 Å². The zero-order valence-electron chi connectivity index (χ0n) is 13.1. The maximum atomic E-state index is 12.9. The van der Waals surface area contributed by atoms with Crippen molar-refractivity contribution in [2.75, 3.05) is 0 Å². The van der Waals surface area contributed by atoms with Crippen LogP contribution in [0.4, 0.5) is 0 Å². The minimum Gasteiger partial charge on any atom is -0.460 e. The number of Topliss-reactive ketones (excluding diaryl/α,β-unsaturated/α-hetero) is 1. The lowest BCUT2D eigenvalue weighted by molar-refractivity contribution is 0.0989. The van der Waals surface area contributed by atoms with Crippen LogP contribution in [0.1, 0.15) is 23.0 Å². The molecular formula is C19H14N2O3. The number of fused-ring (bicyclic) bond motifs is 6. The Bertz CT molecular complexity index is 1210. The van der Waals surface area contributed by atoms with Gasteiger partial charge < -0.3 is 14.0 Å². The smallest absolute Gasteiger partial charge is 0.263 e. The van der Waals surface area contributed by atoms with Crippen molar-refractivity contribution in [2.24, 2.45) is 0 Å². The summed E-state index contributed by atoms with van der Waals surface area (Å²) in [6.45, 7) is 2.01. The molecule has 0 radical (unpaired) electrons. The van der Waals surface area contributed by atoms with Gasteiger partial charge in [-0.25, -0.2) is 0 Å². The van der Waals surface area contributed by atoms with Gasteiger partial charge in [-0.05, 0) is 24.1 Å². The lowest BCUT2D eigenvalue weighted by Gasteiger charge is -2.19. The molecule has 0 fully saturated rings. The van der Waals surface area contributed by atoms with Gasteiger partial charge in [-0.15, -0.1) is 0 Å². The first kappa shape index (κ1) is 13.4. The standard InChI is InChI=1S/C19H14N2O3/c1-10(22)18-16-11(9-24-18)8-15-17-13(6-7-21(15)19(16)23)12-4-2-3-5-14(12)20-17/h2-5,8-9,20H,6-7H2,1H3. The fourth-order valence-electron chi connectivity index (χ4n) is 3.76. The Morgan fingerprint density at radius 3 is 2.96 bits per heavy atom. The van der Waals surface area contributed by atoms with E-state index in [9.17, 15) is 9.59 Å². The number of ketones is 1. The monoisotopic (exact) mass is 318 g/mol. The lowest BCUT2D eigenvalue weighted by Crippen LogP contribution is -2.26. The largest absolute Gasteiger partial charge is 0.460 e. The molecule has 0 spiro atoms. The van der Waals surface area contributed by atoms with E-state index in [1.54, 1.807) is 4.57 Å². The molecule has 1 N–H and O–H groups in total. The number of benzene rings is 1. The van der Waals surface area contributed by atoms with Gasteiger partial charge in [-0.3, -0.25) is 9.59 Å².